The van der Waals surface area contributed by atoms with E-state index in [1.54, 1.807) is 12.1 Å². The minimum atomic E-state index is -1.44. The Labute approximate surface area is 182 Å². The molecule has 0 spiro atoms. The second-order valence-corrected chi connectivity index (χ2v) is 9.38. The van der Waals surface area contributed by atoms with Crippen LogP contribution in [0, 0.1) is 0 Å². The van der Waals surface area contributed by atoms with Crippen LogP contribution in [-0.4, -0.2) is 55.1 Å². The standard InChI is InChI=1S/C21H28N2O7S/c1-12(2)28-18-16(11-31(27)15-7-5-14(24)6-8-15)30-20(19(18)29-13(3)4)23-10-9-17(25)22-21(23)26/h5-10,12-13,16,18-20,24H,11H2,1-4H3,(H,22,25,26)/t16-,18-,19-,20-,31?/m1/s1. The van der Waals surface area contributed by atoms with Crippen molar-refractivity contribution in [2.75, 3.05) is 5.75 Å². The first-order valence-corrected chi connectivity index (χ1v) is 11.4. The molecule has 170 valence electrons. The molecule has 1 aliphatic heterocycles. The summed E-state index contributed by atoms with van der Waals surface area (Å²) in [5, 5.41) is 9.47. The first kappa shape index (κ1) is 23.4. The van der Waals surface area contributed by atoms with Gasteiger partial charge in [-0.05, 0) is 52.0 Å². The van der Waals surface area contributed by atoms with Gasteiger partial charge in [-0.25, -0.2) is 4.79 Å². The molecule has 1 aliphatic rings. The molecule has 0 saturated carbocycles. The number of ether oxygens (including phenoxy) is 3. The topological polar surface area (TPSA) is 120 Å². The molecule has 1 unspecified atom stereocenters. The lowest BCUT2D eigenvalue weighted by atomic mass is 10.1. The maximum absolute atomic E-state index is 13.0. The third-order valence-electron chi connectivity index (χ3n) is 4.68. The highest BCUT2D eigenvalue weighted by Crippen LogP contribution is 2.35. The van der Waals surface area contributed by atoms with Crippen LogP contribution in [0.3, 0.4) is 0 Å². The van der Waals surface area contributed by atoms with Crippen molar-refractivity contribution >= 4 is 10.8 Å². The Morgan fingerprint density at radius 1 is 1.06 bits per heavy atom. The molecule has 0 bridgehead atoms. The van der Waals surface area contributed by atoms with E-state index < -0.39 is 46.6 Å². The number of aromatic hydroxyl groups is 1. The fourth-order valence-electron chi connectivity index (χ4n) is 3.48. The van der Waals surface area contributed by atoms with Gasteiger partial charge in [0.15, 0.2) is 6.23 Å². The van der Waals surface area contributed by atoms with Crippen LogP contribution < -0.4 is 11.2 Å². The Bertz CT molecular complexity index is 1020. The third-order valence-corrected chi connectivity index (χ3v) is 6.11. The van der Waals surface area contributed by atoms with Crippen LogP contribution in [0.1, 0.15) is 33.9 Å². The summed E-state index contributed by atoms with van der Waals surface area (Å²) in [6.45, 7) is 7.47. The molecule has 0 radical (unpaired) electrons. The van der Waals surface area contributed by atoms with Gasteiger partial charge in [0.25, 0.3) is 5.56 Å². The van der Waals surface area contributed by atoms with Crippen molar-refractivity contribution in [1.82, 2.24) is 9.55 Å². The number of aromatic nitrogens is 2. The Morgan fingerprint density at radius 3 is 2.26 bits per heavy atom. The highest BCUT2D eigenvalue weighted by molar-refractivity contribution is 7.85. The number of aromatic amines is 1. The van der Waals surface area contributed by atoms with Gasteiger partial charge in [-0.3, -0.25) is 18.6 Å². The van der Waals surface area contributed by atoms with Crippen LogP contribution in [0.25, 0.3) is 0 Å². The molecule has 1 fully saturated rings. The van der Waals surface area contributed by atoms with Gasteiger partial charge in [-0.2, -0.15) is 0 Å². The predicted octanol–water partition coefficient (Wildman–Crippen LogP) is 1.53. The number of hydrogen-bond acceptors (Lipinski definition) is 7. The number of benzene rings is 1. The van der Waals surface area contributed by atoms with Gasteiger partial charge in [0.1, 0.15) is 24.1 Å². The minimum absolute atomic E-state index is 0.0850. The molecule has 2 N–H and O–H groups in total. The van der Waals surface area contributed by atoms with Gasteiger partial charge >= 0.3 is 5.69 Å². The number of nitrogens with one attached hydrogen (secondary N) is 1. The normalized spacial score (nSPS) is 24.7. The third kappa shape index (κ3) is 5.70. The van der Waals surface area contributed by atoms with E-state index >= 15 is 0 Å². The van der Waals surface area contributed by atoms with E-state index in [2.05, 4.69) is 4.98 Å². The second kappa shape index (κ2) is 9.90. The van der Waals surface area contributed by atoms with E-state index in [1.165, 1.54) is 29.0 Å². The maximum Gasteiger partial charge on any atom is 0.330 e. The summed E-state index contributed by atoms with van der Waals surface area (Å²) in [5.41, 5.74) is -1.14. The Kier molecular flexibility index (Phi) is 7.47. The highest BCUT2D eigenvalue weighted by atomic mass is 32.2. The lowest BCUT2D eigenvalue weighted by Gasteiger charge is -2.28. The number of phenolic OH excluding ortho intramolecular Hbond substituents is 1. The quantitative estimate of drug-likeness (QED) is 0.623. The SMILES string of the molecule is CC(C)O[C@@H]1[C@H](OC(C)C)[C@@H](CS(=O)c2ccc(O)cc2)O[C@H]1n1ccc(=O)[nH]c1=O. The second-order valence-electron chi connectivity index (χ2n) is 7.89. The highest BCUT2D eigenvalue weighted by Gasteiger charge is 2.49. The molecule has 0 amide bonds. The average Bonchev–Trinajstić information content (AvgIpc) is 2.98. The number of rotatable bonds is 8. The maximum atomic E-state index is 13.0. The molecule has 10 heteroatoms. The van der Waals surface area contributed by atoms with Crippen molar-refractivity contribution in [3.05, 3.63) is 57.4 Å². The van der Waals surface area contributed by atoms with Crippen molar-refractivity contribution in [2.24, 2.45) is 0 Å². The Hall–Kier alpha value is -2.27. The van der Waals surface area contributed by atoms with Crippen molar-refractivity contribution in [2.45, 2.75) is 69.3 Å². The summed E-state index contributed by atoms with van der Waals surface area (Å²) >= 11 is 0. The minimum Gasteiger partial charge on any atom is -0.508 e. The van der Waals surface area contributed by atoms with Crippen molar-refractivity contribution in [3.8, 4) is 5.75 Å². The van der Waals surface area contributed by atoms with Gasteiger partial charge < -0.3 is 19.3 Å². The van der Waals surface area contributed by atoms with E-state index in [-0.39, 0.29) is 23.7 Å². The lowest BCUT2D eigenvalue weighted by Crippen LogP contribution is -2.43. The molecule has 1 aromatic heterocycles. The fourth-order valence-corrected chi connectivity index (χ4v) is 4.67. The lowest BCUT2D eigenvalue weighted by molar-refractivity contribution is -0.113. The Morgan fingerprint density at radius 2 is 1.68 bits per heavy atom. The van der Waals surface area contributed by atoms with Gasteiger partial charge in [0.05, 0.1) is 28.8 Å². The number of H-pyrrole nitrogens is 1. The molecule has 0 aliphatic carbocycles. The van der Waals surface area contributed by atoms with Crippen LogP contribution in [0.2, 0.25) is 0 Å². The number of nitrogens with zero attached hydrogens (tertiary/aromatic N) is 1. The van der Waals surface area contributed by atoms with Gasteiger partial charge in [-0.15, -0.1) is 0 Å². The molecule has 2 aromatic rings. The van der Waals surface area contributed by atoms with Crippen molar-refractivity contribution < 1.29 is 23.5 Å². The summed E-state index contributed by atoms with van der Waals surface area (Å²) in [6.07, 6.45) is -1.74. The zero-order valence-corrected chi connectivity index (χ0v) is 18.7. The summed E-state index contributed by atoms with van der Waals surface area (Å²) in [4.78, 5) is 26.7. The van der Waals surface area contributed by atoms with Crippen LogP contribution in [0.5, 0.6) is 5.75 Å². The molecule has 1 aromatic carbocycles. The predicted molar refractivity (Wildman–Crippen MR) is 115 cm³/mol. The Balaban J connectivity index is 1.94. The largest absolute Gasteiger partial charge is 0.508 e. The zero-order chi connectivity index (χ0) is 22.7. The van der Waals surface area contributed by atoms with E-state index in [9.17, 15) is 18.9 Å². The smallest absolute Gasteiger partial charge is 0.330 e. The summed E-state index contributed by atoms with van der Waals surface area (Å²) in [6, 6.07) is 7.35. The van der Waals surface area contributed by atoms with Crippen molar-refractivity contribution in [3.63, 3.8) is 0 Å². The average molecular weight is 453 g/mol. The first-order valence-electron chi connectivity index (χ1n) is 10.1. The summed E-state index contributed by atoms with van der Waals surface area (Å²) in [7, 11) is -1.44. The molecule has 31 heavy (non-hydrogen) atoms. The van der Waals surface area contributed by atoms with Crippen LogP contribution in [0.4, 0.5) is 0 Å². The van der Waals surface area contributed by atoms with Gasteiger partial charge in [-0.1, -0.05) is 0 Å². The molecule has 1 saturated heterocycles. The molecule has 9 nitrogen and oxygen atoms in total. The van der Waals surface area contributed by atoms with Gasteiger partial charge in [0.2, 0.25) is 0 Å². The molecular formula is C21H28N2O7S. The molecule has 2 heterocycles. The monoisotopic (exact) mass is 452 g/mol. The number of phenols is 1. The van der Waals surface area contributed by atoms with E-state index in [4.69, 9.17) is 14.2 Å². The van der Waals surface area contributed by atoms with E-state index in [1.807, 2.05) is 27.7 Å². The summed E-state index contributed by atoms with van der Waals surface area (Å²) in [5.74, 6) is 0.191. The molecule has 3 rings (SSSR count). The zero-order valence-electron chi connectivity index (χ0n) is 17.9. The van der Waals surface area contributed by atoms with Crippen LogP contribution >= 0.6 is 0 Å². The first-order chi connectivity index (χ1) is 14.7. The van der Waals surface area contributed by atoms with Crippen molar-refractivity contribution in [1.29, 1.82) is 0 Å². The molecule has 5 atom stereocenters. The van der Waals surface area contributed by atoms with Gasteiger partial charge in [0, 0.05) is 17.2 Å². The van der Waals surface area contributed by atoms with Crippen LogP contribution in [0.15, 0.2) is 51.0 Å². The van der Waals surface area contributed by atoms with E-state index in [0.29, 0.717) is 4.90 Å². The number of hydrogen-bond donors (Lipinski definition) is 2. The molecular weight excluding hydrogens is 424 g/mol. The van der Waals surface area contributed by atoms with E-state index in [0.717, 1.165) is 0 Å². The fraction of sp³-hybridized carbons (Fsp3) is 0.524. The summed E-state index contributed by atoms with van der Waals surface area (Å²) < 4.78 is 32.6. The van der Waals surface area contributed by atoms with Crippen LogP contribution in [-0.2, 0) is 25.0 Å².